The minimum Gasteiger partial charge on any atom is -0.493 e. The topological polar surface area (TPSA) is 43.4 Å². The van der Waals surface area contributed by atoms with Crippen LogP contribution in [0.5, 0.6) is 11.5 Å². The first-order valence-electron chi connectivity index (χ1n) is 7.30. The Morgan fingerprint density at radius 2 is 2.04 bits per heavy atom. The highest BCUT2D eigenvalue weighted by molar-refractivity contribution is 7.80. The van der Waals surface area contributed by atoms with Gasteiger partial charge >= 0.3 is 0 Å². The van der Waals surface area contributed by atoms with Crippen LogP contribution in [0.4, 0.5) is 0 Å². The summed E-state index contributed by atoms with van der Waals surface area (Å²) in [5, 5.41) is 3.22. The van der Waals surface area contributed by atoms with E-state index in [1.807, 2.05) is 42.5 Å². The van der Waals surface area contributed by atoms with E-state index < -0.39 is 0 Å². The summed E-state index contributed by atoms with van der Waals surface area (Å²) in [6.07, 6.45) is 8.21. The summed E-state index contributed by atoms with van der Waals surface area (Å²) < 4.78 is 10.5. The molecule has 0 saturated heterocycles. The van der Waals surface area contributed by atoms with Crippen LogP contribution in [0.1, 0.15) is 11.1 Å². The van der Waals surface area contributed by atoms with Gasteiger partial charge in [0.05, 0.1) is 19.2 Å². The first-order chi connectivity index (χ1) is 11.2. The Kier molecular flexibility index (Phi) is 6.56. The second kappa shape index (κ2) is 8.90. The van der Waals surface area contributed by atoms with Crippen LogP contribution in [0.2, 0.25) is 0 Å². The molecule has 1 N–H and O–H groups in total. The maximum atomic E-state index is 5.30. The van der Waals surface area contributed by atoms with Crippen molar-refractivity contribution >= 4 is 23.3 Å². The molecule has 0 aliphatic carbocycles. The fourth-order valence-electron chi connectivity index (χ4n) is 2.07. The standard InChI is InChI=1S/C18H20N2O2S/c1-21-16-7-5-14(12-17(16)22-2)9-11-20-18(23)8-6-15-4-3-10-19-13-15/h3-8,10,12-13H,9,11H2,1-2H3,(H,20,23)/b8-6+. The van der Waals surface area contributed by atoms with Gasteiger partial charge in [-0.05, 0) is 41.8 Å². The number of benzene rings is 1. The number of thiocarbonyl (C=S) groups is 1. The largest absolute Gasteiger partial charge is 0.493 e. The second-order valence-corrected chi connectivity index (χ2v) is 5.29. The lowest BCUT2D eigenvalue weighted by molar-refractivity contribution is 0.354. The summed E-state index contributed by atoms with van der Waals surface area (Å²) in [5.41, 5.74) is 2.19. The second-order valence-electron chi connectivity index (χ2n) is 4.85. The van der Waals surface area contributed by atoms with Gasteiger partial charge in [-0.3, -0.25) is 4.98 Å². The van der Waals surface area contributed by atoms with E-state index in [2.05, 4.69) is 10.3 Å². The van der Waals surface area contributed by atoms with Crippen LogP contribution < -0.4 is 14.8 Å². The number of rotatable bonds is 7. The molecule has 5 heteroatoms. The summed E-state index contributed by atoms with van der Waals surface area (Å²) in [4.78, 5) is 4.76. The van der Waals surface area contributed by atoms with Crippen molar-refractivity contribution in [3.8, 4) is 11.5 Å². The molecule has 0 aliphatic rings. The summed E-state index contributed by atoms with van der Waals surface area (Å²) in [7, 11) is 3.27. The summed E-state index contributed by atoms with van der Waals surface area (Å²) in [6.45, 7) is 0.756. The Morgan fingerprint density at radius 1 is 1.22 bits per heavy atom. The van der Waals surface area contributed by atoms with Crippen molar-refractivity contribution in [2.45, 2.75) is 6.42 Å². The molecule has 0 spiro atoms. The Labute approximate surface area is 142 Å². The van der Waals surface area contributed by atoms with Crippen LogP contribution in [0, 0.1) is 0 Å². The van der Waals surface area contributed by atoms with Crippen LogP contribution in [-0.4, -0.2) is 30.7 Å². The number of methoxy groups -OCH3 is 2. The summed E-state index contributed by atoms with van der Waals surface area (Å²) >= 11 is 5.29. The Bertz CT molecular complexity index is 672. The predicted molar refractivity (Wildman–Crippen MR) is 97.1 cm³/mol. The number of hydrogen-bond donors (Lipinski definition) is 1. The third-order valence-electron chi connectivity index (χ3n) is 3.27. The molecular weight excluding hydrogens is 308 g/mol. The van der Waals surface area contributed by atoms with E-state index >= 15 is 0 Å². The van der Waals surface area contributed by atoms with Crippen molar-refractivity contribution < 1.29 is 9.47 Å². The van der Waals surface area contributed by atoms with Gasteiger partial charge in [-0.15, -0.1) is 0 Å². The Balaban J connectivity index is 1.82. The average molecular weight is 328 g/mol. The van der Waals surface area contributed by atoms with Gasteiger partial charge < -0.3 is 14.8 Å². The highest BCUT2D eigenvalue weighted by Crippen LogP contribution is 2.27. The highest BCUT2D eigenvalue weighted by Gasteiger charge is 2.04. The van der Waals surface area contributed by atoms with Crippen LogP contribution in [-0.2, 0) is 6.42 Å². The minimum atomic E-state index is 0.703. The predicted octanol–water partition coefficient (Wildman–Crippen LogP) is 3.27. The molecule has 2 aromatic rings. The van der Waals surface area contributed by atoms with Gasteiger partial charge in [-0.1, -0.05) is 30.4 Å². The number of hydrogen-bond acceptors (Lipinski definition) is 4. The molecule has 0 saturated carbocycles. The third kappa shape index (κ3) is 5.38. The molecule has 0 bridgehead atoms. The molecule has 0 radical (unpaired) electrons. The van der Waals surface area contributed by atoms with Crippen molar-refractivity contribution in [3.05, 3.63) is 59.9 Å². The lowest BCUT2D eigenvalue weighted by atomic mass is 10.1. The molecule has 0 fully saturated rings. The molecule has 1 aromatic heterocycles. The fourth-order valence-corrected chi connectivity index (χ4v) is 2.24. The van der Waals surface area contributed by atoms with Crippen molar-refractivity contribution in [2.75, 3.05) is 20.8 Å². The lowest BCUT2D eigenvalue weighted by Crippen LogP contribution is -2.21. The normalized spacial score (nSPS) is 10.5. The molecule has 0 amide bonds. The van der Waals surface area contributed by atoms with Crippen LogP contribution in [0.15, 0.2) is 48.8 Å². The molecule has 2 rings (SSSR count). The summed E-state index contributed by atoms with van der Waals surface area (Å²) in [5.74, 6) is 1.48. The molecule has 1 aromatic carbocycles. The molecular formula is C18H20N2O2S. The van der Waals surface area contributed by atoms with Gasteiger partial charge in [0.1, 0.15) is 0 Å². The van der Waals surface area contributed by atoms with E-state index in [4.69, 9.17) is 21.7 Å². The zero-order valence-corrected chi connectivity index (χ0v) is 14.1. The van der Waals surface area contributed by atoms with Crippen LogP contribution in [0.3, 0.4) is 0 Å². The quantitative estimate of drug-likeness (QED) is 0.624. The van der Waals surface area contributed by atoms with Gasteiger partial charge in [-0.2, -0.15) is 0 Å². The van der Waals surface area contributed by atoms with Gasteiger partial charge in [0.2, 0.25) is 0 Å². The van der Waals surface area contributed by atoms with Gasteiger partial charge in [-0.25, -0.2) is 0 Å². The molecule has 0 unspecified atom stereocenters. The lowest BCUT2D eigenvalue weighted by Gasteiger charge is -2.10. The first-order valence-corrected chi connectivity index (χ1v) is 7.70. The number of aromatic nitrogens is 1. The smallest absolute Gasteiger partial charge is 0.160 e. The number of nitrogens with zero attached hydrogens (tertiary/aromatic N) is 1. The van der Waals surface area contributed by atoms with Crippen LogP contribution in [0.25, 0.3) is 6.08 Å². The zero-order valence-electron chi connectivity index (χ0n) is 13.3. The maximum absolute atomic E-state index is 5.30. The monoisotopic (exact) mass is 328 g/mol. The Hall–Kier alpha value is -2.40. The molecule has 120 valence electrons. The van der Waals surface area contributed by atoms with E-state index in [-0.39, 0.29) is 0 Å². The van der Waals surface area contributed by atoms with E-state index in [1.54, 1.807) is 26.6 Å². The first kappa shape index (κ1) is 17.0. The van der Waals surface area contributed by atoms with E-state index in [0.717, 1.165) is 35.6 Å². The van der Waals surface area contributed by atoms with Crippen LogP contribution >= 0.6 is 12.2 Å². The van der Waals surface area contributed by atoms with Crippen molar-refractivity contribution in [1.82, 2.24) is 10.3 Å². The van der Waals surface area contributed by atoms with Gasteiger partial charge in [0.25, 0.3) is 0 Å². The fraction of sp³-hybridized carbons (Fsp3) is 0.222. The summed E-state index contributed by atoms with van der Waals surface area (Å²) in [6, 6.07) is 9.80. The van der Waals surface area contributed by atoms with E-state index in [0.29, 0.717) is 4.99 Å². The molecule has 0 aliphatic heterocycles. The zero-order chi connectivity index (χ0) is 16.5. The van der Waals surface area contributed by atoms with Crippen molar-refractivity contribution in [1.29, 1.82) is 0 Å². The van der Waals surface area contributed by atoms with Gasteiger partial charge in [0.15, 0.2) is 11.5 Å². The minimum absolute atomic E-state index is 0.703. The van der Waals surface area contributed by atoms with Gasteiger partial charge in [0, 0.05) is 18.9 Å². The number of ether oxygens (including phenoxy) is 2. The van der Waals surface area contributed by atoms with E-state index in [9.17, 15) is 0 Å². The Morgan fingerprint density at radius 3 is 2.74 bits per heavy atom. The average Bonchev–Trinajstić information content (AvgIpc) is 2.60. The molecule has 1 heterocycles. The number of nitrogens with one attached hydrogen (secondary N) is 1. The molecule has 23 heavy (non-hydrogen) atoms. The van der Waals surface area contributed by atoms with Crippen molar-refractivity contribution in [2.24, 2.45) is 0 Å². The van der Waals surface area contributed by atoms with E-state index in [1.165, 1.54) is 0 Å². The highest BCUT2D eigenvalue weighted by atomic mass is 32.1. The molecule has 0 atom stereocenters. The SMILES string of the molecule is COc1ccc(CCNC(=S)/C=C/c2cccnc2)cc1OC. The van der Waals surface area contributed by atoms with Crippen molar-refractivity contribution in [3.63, 3.8) is 0 Å². The molecule has 4 nitrogen and oxygen atoms in total. The maximum Gasteiger partial charge on any atom is 0.160 e. The number of pyridine rings is 1. The third-order valence-corrected chi connectivity index (χ3v) is 3.55.